The summed E-state index contributed by atoms with van der Waals surface area (Å²) in [5, 5.41) is 16.7. The van der Waals surface area contributed by atoms with Crippen molar-refractivity contribution in [1.29, 1.82) is 0 Å². The molecular formula is C18H16FN5O3. The molecule has 2 unspecified atom stereocenters. The van der Waals surface area contributed by atoms with E-state index in [0.717, 1.165) is 6.42 Å². The second kappa shape index (κ2) is 5.71. The Labute approximate surface area is 152 Å². The fourth-order valence-electron chi connectivity index (χ4n) is 3.72. The zero-order valence-electron chi connectivity index (χ0n) is 14.7. The van der Waals surface area contributed by atoms with Gasteiger partial charge < -0.3 is 14.5 Å². The number of aromatic nitrogens is 5. The van der Waals surface area contributed by atoms with Gasteiger partial charge in [0.25, 0.3) is 0 Å². The monoisotopic (exact) mass is 369 g/mol. The predicted molar refractivity (Wildman–Crippen MR) is 92.4 cm³/mol. The first-order valence-corrected chi connectivity index (χ1v) is 8.68. The molecule has 1 aliphatic heterocycles. The first-order chi connectivity index (χ1) is 13.0. The Morgan fingerprint density at radius 2 is 2.22 bits per heavy atom. The number of halogens is 1. The molecule has 1 saturated heterocycles. The molecule has 9 heteroatoms. The van der Waals surface area contributed by atoms with Gasteiger partial charge in [0.2, 0.25) is 22.9 Å². The molecule has 0 amide bonds. The molecular weight excluding hydrogens is 353 g/mol. The third kappa shape index (κ3) is 2.31. The minimum absolute atomic E-state index is 0.0152. The average Bonchev–Trinajstić information content (AvgIpc) is 3.37. The quantitative estimate of drug-likeness (QED) is 0.398. The van der Waals surface area contributed by atoms with Crippen LogP contribution in [0.4, 0.5) is 4.39 Å². The first-order valence-electron chi connectivity index (χ1n) is 8.68. The van der Waals surface area contributed by atoms with Crippen molar-refractivity contribution in [1.82, 2.24) is 19.5 Å². The third-order valence-electron chi connectivity index (χ3n) is 5.18. The minimum atomic E-state index is -0.470. The van der Waals surface area contributed by atoms with E-state index in [9.17, 15) is 9.60 Å². The highest BCUT2D eigenvalue weighted by Crippen LogP contribution is 2.32. The maximum atomic E-state index is 13.6. The maximum Gasteiger partial charge on any atom is 0.244 e. The molecule has 27 heavy (non-hydrogen) atoms. The van der Waals surface area contributed by atoms with Gasteiger partial charge in [-0.1, -0.05) is 5.16 Å². The Morgan fingerprint density at radius 3 is 3.00 bits per heavy atom. The Morgan fingerprint density at radius 1 is 1.37 bits per heavy atom. The van der Waals surface area contributed by atoms with Crippen LogP contribution in [0.5, 0.6) is 0 Å². The number of ether oxygens (including phenoxy) is 1. The van der Waals surface area contributed by atoms with Crippen LogP contribution in [-0.4, -0.2) is 32.2 Å². The lowest BCUT2D eigenvalue weighted by Gasteiger charge is -2.08. The van der Waals surface area contributed by atoms with Crippen LogP contribution in [0, 0.1) is 17.9 Å². The van der Waals surface area contributed by atoms with E-state index >= 15 is 0 Å². The molecule has 1 aromatic carbocycles. The Bertz CT molecular complexity index is 1180. The Hall–Kier alpha value is -3.07. The molecule has 0 bridgehead atoms. The van der Waals surface area contributed by atoms with Gasteiger partial charge in [0.15, 0.2) is 0 Å². The first kappa shape index (κ1) is 16.1. The fourth-order valence-corrected chi connectivity index (χ4v) is 3.72. The summed E-state index contributed by atoms with van der Waals surface area (Å²) in [7, 11) is 0. The van der Waals surface area contributed by atoms with Gasteiger partial charge in [-0.05, 0) is 25.5 Å². The lowest BCUT2D eigenvalue weighted by molar-refractivity contribution is -0.583. The van der Waals surface area contributed by atoms with Crippen LogP contribution >= 0.6 is 0 Å². The topological polar surface area (TPSA) is 92.4 Å². The van der Waals surface area contributed by atoms with Crippen molar-refractivity contribution in [3.63, 3.8) is 0 Å². The maximum absolute atomic E-state index is 13.6. The van der Waals surface area contributed by atoms with Crippen LogP contribution in [0.3, 0.4) is 0 Å². The summed E-state index contributed by atoms with van der Waals surface area (Å²) in [6, 6.07) is 4.07. The summed E-state index contributed by atoms with van der Waals surface area (Å²) in [5.41, 5.74) is 2.17. The second-order valence-electron chi connectivity index (χ2n) is 6.75. The Balaban J connectivity index is 1.70. The van der Waals surface area contributed by atoms with Crippen molar-refractivity contribution in [3.8, 4) is 11.5 Å². The van der Waals surface area contributed by atoms with Crippen molar-refractivity contribution in [2.24, 2.45) is 0 Å². The minimum Gasteiger partial charge on any atom is -0.618 e. The van der Waals surface area contributed by atoms with E-state index in [0.29, 0.717) is 45.5 Å². The van der Waals surface area contributed by atoms with Crippen molar-refractivity contribution in [3.05, 3.63) is 47.1 Å². The Kier molecular flexibility index (Phi) is 3.41. The van der Waals surface area contributed by atoms with Crippen molar-refractivity contribution in [2.45, 2.75) is 32.3 Å². The molecule has 0 radical (unpaired) electrons. The van der Waals surface area contributed by atoms with Gasteiger partial charge >= 0.3 is 0 Å². The van der Waals surface area contributed by atoms with E-state index in [-0.39, 0.29) is 17.5 Å². The van der Waals surface area contributed by atoms with Gasteiger partial charge in [0.1, 0.15) is 28.9 Å². The van der Waals surface area contributed by atoms with Crippen molar-refractivity contribution < 1.29 is 18.4 Å². The lowest BCUT2D eigenvalue weighted by Crippen LogP contribution is -2.32. The van der Waals surface area contributed by atoms with Gasteiger partial charge in [0.05, 0.1) is 12.0 Å². The molecule has 1 aliphatic rings. The number of rotatable bonds is 2. The van der Waals surface area contributed by atoms with E-state index in [2.05, 4.69) is 15.1 Å². The predicted octanol–water partition coefficient (Wildman–Crippen LogP) is 2.51. The van der Waals surface area contributed by atoms with Crippen molar-refractivity contribution >= 4 is 16.6 Å². The molecule has 0 N–H and O–H groups in total. The number of hydrogen-bond donors (Lipinski definition) is 0. The summed E-state index contributed by atoms with van der Waals surface area (Å²) in [6.07, 6.45) is 2.42. The molecule has 0 saturated carbocycles. The highest BCUT2D eigenvalue weighted by atomic mass is 19.1. The van der Waals surface area contributed by atoms with Gasteiger partial charge in [-0.15, -0.1) is 0 Å². The average molecular weight is 369 g/mol. The zero-order valence-corrected chi connectivity index (χ0v) is 14.7. The van der Waals surface area contributed by atoms with Crippen LogP contribution in [-0.2, 0) is 4.74 Å². The van der Waals surface area contributed by atoms with Crippen LogP contribution < -0.4 is 4.73 Å². The van der Waals surface area contributed by atoms with E-state index in [1.54, 1.807) is 23.7 Å². The SMILES string of the molecule is Cc1c2c(-c3noc(C4CCOC4C)n3)ncn2c2ccc(F)cc2[n+]1[O-]. The normalized spacial score (nSPS) is 20.1. The zero-order chi connectivity index (χ0) is 18.7. The van der Waals surface area contributed by atoms with Crippen LogP contribution in [0.25, 0.3) is 28.1 Å². The highest BCUT2D eigenvalue weighted by molar-refractivity contribution is 5.82. The standard InChI is InChI=1S/C18H16FN5O3/c1-9-16-15(17-21-18(27-22-17)12-5-6-26-10(12)2)20-8-23(16)13-4-3-11(19)7-14(13)24(9)25/h3-4,7-8,10,12H,5-6H2,1-2H3. The van der Waals surface area contributed by atoms with Crippen LogP contribution in [0.2, 0.25) is 0 Å². The highest BCUT2D eigenvalue weighted by Gasteiger charge is 2.32. The van der Waals surface area contributed by atoms with E-state index in [4.69, 9.17) is 9.26 Å². The van der Waals surface area contributed by atoms with Gasteiger partial charge in [0, 0.05) is 19.6 Å². The van der Waals surface area contributed by atoms with E-state index < -0.39 is 5.82 Å². The van der Waals surface area contributed by atoms with Gasteiger partial charge in [-0.25, -0.2) is 9.37 Å². The molecule has 0 aliphatic carbocycles. The molecule has 4 heterocycles. The largest absolute Gasteiger partial charge is 0.618 e. The van der Waals surface area contributed by atoms with Crippen molar-refractivity contribution in [2.75, 3.05) is 6.61 Å². The second-order valence-corrected chi connectivity index (χ2v) is 6.75. The summed E-state index contributed by atoms with van der Waals surface area (Å²) >= 11 is 0. The number of aryl methyl sites for hydroxylation is 1. The smallest absolute Gasteiger partial charge is 0.244 e. The lowest BCUT2D eigenvalue weighted by atomic mass is 10.0. The van der Waals surface area contributed by atoms with E-state index in [1.165, 1.54) is 12.1 Å². The number of hydrogen-bond acceptors (Lipinski definition) is 6. The van der Waals surface area contributed by atoms with Gasteiger partial charge in [-0.3, -0.25) is 4.40 Å². The number of nitrogens with zero attached hydrogens (tertiary/aromatic N) is 5. The molecule has 4 aromatic rings. The molecule has 138 valence electrons. The molecule has 5 rings (SSSR count). The summed E-state index contributed by atoms with van der Waals surface area (Å²) < 4.78 is 27.0. The number of benzene rings is 1. The fraction of sp³-hybridized carbons (Fsp3) is 0.333. The molecule has 1 fully saturated rings. The summed E-state index contributed by atoms with van der Waals surface area (Å²) in [4.78, 5) is 8.90. The summed E-state index contributed by atoms with van der Waals surface area (Å²) in [5.74, 6) is 0.402. The molecule has 2 atom stereocenters. The molecule has 8 nitrogen and oxygen atoms in total. The third-order valence-corrected chi connectivity index (χ3v) is 5.18. The number of imidazole rings is 1. The van der Waals surface area contributed by atoms with Crippen LogP contribution in [0.15, 0.2) is 29.0 Å². The van der Waals surface area contributed by atoms with E-state index in [1.807, 2.05) is 6.92 Å². The van der Waals surface area contributed by atoms with Gasteiger partial charge in [-0.2, -0.15) is 9.71 Å². The molecule has 3 aromatic heterocycles. The summed E-state index contributed by atoms with van der Waals surface area (Å²) in [6.45, 7) is 4.30. The number of fused-ring (bicyclic) bond motifs is 3. The molecule has 0 spiro atoms. The van der Waals surface area contributed by atoms with Crippen LogP contribution in [0.1, 0.15) is 30.8 Å².